The SMILES string of the molecule is c1ccc(C2=NC(c3cccc(-c4ccc5c(c4)C4(c6ccccc6O5)c5ccccc5-c5ccccc54)c3)=NC(c3cccc4ccccc34)N2)cc1. The minimum Gasteiger partial charge on any atom is -0.457 e. The Bertz CT molecular complexity index is 2800. The molecule has 0 saturated heterocycles. The maximum atomic E-state index is 6.70. The lowest BCUT2D eigenvalue weighted by Gasteiger charge is -2.39. The first-order chi connectivity index (χ1) is 26.8. The highest BCUT2D eigenvalue weighted by molar-refractivity contribution is 6.13. The van der Waals surface area contributed by atoms with Gasteiger partial charge in [-0.05, 0) is 68.4 Å². The van der Waals surface area contributed by atoms with Crippen LogP contribution < -0.4 is 10.1 Å². The minimum absolute atomic E-state index is 0.314. The number of amidine groups is 2. The molecule has 1 spiro atoms. The van der Waals surface area contributed by atoms with Crippen molar-refractivity contribution in [2.45, 2.75) is 11.6 Å². The van der Waals surface area contributed by atoms with E-state index in [9.17, 15) is 0 Å². The van der Waals surface area contributed by atoms with E-state index in [1.165, 1.54) is 33.0 Å². The Balaban J connectivity index is 1.07. The van der Waals surface area contributed by atoms with Gasteiger partial charge in [0, 0.05) is 27.8 Å². The average Bonchev–Trinajstić information content (AvgIpc) is 3.54. The van der Waals surface area contributed by atoms with Gasteiger partial charge in [0.1, 0.15) is 23.5 Å². The Kier molecular flexibility index (Phi) is 6.80. The Hall–Kier alpha value is -7.04. The molecule has 0 radical (unpaired) electrons. The lowest BCUT2D eigenvalue weighted by Crippen LogP contribution is -2.33. The van der Waals surface area contributed by atoms with Crippen molar-refractivity contribution in [3.63, 3.8) is 0 Å². The Morgan fingerprint density at radius 3 is 1.91 bits per heavy atom. The van der Waals surface area contributed by atoms with E-state index >= 15 is 0 Å². The van der Waals surface area contributed by atoms with E-state index in [-0.39, 0.29) is 6.17 Å². The molecule has 1 N–H and O–H groups in total. The molecule has 11 rings (SSSR count). The summed E-state index contributed by atoms with van der Waals surface area (Å²) in [5, 5.41) is 6.01. The van der Waals surface area contributed by atoms with Gasteiger partial charge in [0.15, 0.2) is 5.84 Å². The van der Waals surface area contributed by atoms with Gasteiger partial charge in [0.25, 0.3) is 0 Å². The number of nitrogens with one attached hydrogen (secondary N) is 1. The van der Waals surface area contributed by atoms with Gasteiger partial charge < -0.3 is 10.1 Å². The number of para-hydroxylation sites is 1. The van der Waals surface area contributed by atoms with Crippen LogP contribution in [0.4, 0.5) is 0 Å². The molecule has 4 nitrogen and oxygen atoms in total. The van der Waals surface area contributed by atoms with E-state index in [1.807, 2.05) is 18.2 Å². The first kappa shape index (κ1) is 30.6. The van der Waals surface area contributed by atoms with Gasteiger partial charge in [-0.1, -0.05) is 164 Å². The zero-order valence-corrected chi connectivity index (χ0v) is 29.3. The summed E-state index contributed by atoms with van der Waals surface area (Å²) in [6, 6.07) is 66.7. The van der Waals surface area contributed by atoms with E-state index < -0.39 is 5.41 Å². The van der Waals surface area contributed by atoms with Gasteiger partial charge in [-0.25, -0.2) is 9.98 Å². The fourth-order valence-electron chi connectivity index (χ4n) is 8.84. The Labute approximate surface area is 313 Å². The van der Waals surface area contributed by atoms with Crippen LogP contribution in [-0.2, 0) is 5.41 Å². The number of benzene rings is 8. The van der Waals surface area contributed by atoms with Crippen LogP contribution in [0.3, 0.4) is 0 Å². The standard InChI is InChI=1S/C50H33N3O/c1-2-15-33(16-3-1)47-51-48(53-49(52-47)40-23-13-17-32-14-4-5-20-37(32)40)36-19-12-18-34(30-36)35-28-29-46-44(31-35)50(43-26-10-11-27-45(43)54-46)41-24-8-6-21-38(41)39-22-7-9-25-42(39)50/h1-31,49H,(H,51,52,53). The predicted molar refractivity (Wildman–Crippen MR) is 219 cm³/mol. The first-order valence-electron chi connectivity index (χ1n) is 18.4. The van der Waals surface area contributed by atoms with Crippen LogP contribution in [0.1, 0.15) is 45.1 Å². The molecule has 0 bridgehead atoms. The van der Waals surface area contributed by atoms with Crippen LogP contribution in [0.2, 0.25) is 0 Å². The first-order valence-corrected chi connectivity index (χ1v) is 18.4. The molecule has 1 aliphatic carbocycles. The Morgan fingerprint density at radius 1 is 0.463 bits per heavy atom. The molecule has 3 aliphatic rings. The number of fused-ring (bicyclic) bond motifs is 10. The molecule has 0 saturated carbocycles. The van der Waals surface area contributed by atoms with Crippen molar-refractivity contribution in [3.8, 4) is 33.8 Å². The van der Waals surface area contributed by atoms with Gasteiger partial charge in [-0.3, -0.25) is 0 Å². The molecule has 54 heavy (non-hydrogen) atoms. The van der Waals surface area contributed by atoms with Crippen LogP contribution in [0.15, 0.2) is 198 Å². The van der Waals surface area contributed by atoms with Crippen molar-refractivity contribution in [2.24, 2.45) is 9.98 Å². The summed E-state index contributed by atoms with van der Waals surface area (Å²) >= 11 is 0. The number of hydrogen-bond donors (Lipinski definition) is 1. The maximum Gasteiger partial charge on any atom is 0.159 e. The van der Waals surface area contributed by atoms with Crippen molar-refractivity contribution < 1.29 is 4.74 Å². The fraction of sp³-hybridized carbons (Fsp3) is 0.0400. The van der Waals surface area contributed by atoms with Gasteiger partial charge in [0.05, 0.1) is 5.41 Å². The summed E-state index contributed by atoms with van der Waals surface area (Å²) in [6.45, 7) is 0. The van der Waals surface area contributed by atoms with Crippen LogP contribution >= 0.6 is 0 Å². The molecular formula is C50H33N3O. The predicted octanol–water partition coefficient (Wildman–Crippen LogP) is 11.5. The second kappa shape index (κ2) is 12.0. The largest absolute Gasteiger partial charge is 0.457 e. The summed E-state index contributed by atoms with van der Waals surface area (Å²) in [5.74, 6) is 3.26. The van der Waals surface area contributed by atoms with Crippen molar-refractivity contribution in [3.05, 3.63) is 227 Å². The smallest absolute Gasteiger partial charge is 0.159 e. The monoisotopic (exact) mass is 691 g/mol. The molecule has 1 atom stereocenters. The summed E-state index contributed by atoms with van der Waals surface area (Å²) in [6.07, 6.45) is -0.314. The molecule has 0 fully saturated rings. The lowest BCUT2D eigenvalue weighted by molar-refractivity contribution is 0.436. The van der Waals surface area contributed by atoms with E-state index in [0.717, 1.165) is 56.3 Å². The maximum absolute atomic E-state index is 6.70. The average molecular weight is 692 g/mol. The third-order valence-electron chi connectivity index (χ3n) is 11.2. The van der Waals surface area contributed by atoms with Gasteiger partial charge in [0.2, 0.25) is 0 Å². The van der Waals surface area contributed by atoms with Gasteiger partial charge >= 0.3 is 0 Å². The van der Waals surface area contributed by atoms with Crippen molar-refractivity contribution in [1.29, 1.82) is 0 Å². The number of aliphatic imine (C=N–C) groups is 2. The van der Waals surface area contributed by atoms with Crippen LogP contribution in [0.25, 0.3) is 33.0 Å². The van der Waals surface area contributed by atoms with Crippen LogP contribution in [0, 0.1) is 0 Å². The molecule has 1 unspecified atom stereocenters. The number of nitrogens with zero attached hydrogens (tertiary/aromatic N) is 2. The molecule has 0 aromatic heterocycles. The quantitative estimate of drug-likeness (QED) is 0.200. The molecule has 254 valence electrons. The molecule has 0 amide bonds. The molecule has 8 aromatic carbocycles. The van der Waals surface area contributed by atoms with Crippen molar-refractivity contribution in [1.82, 2.24) is 5.32 Å². The van der Waals surface area contributed by atoms with Crippen LogP contribution in [-0.4, -0.2) is 11.7 Å². The van der Waals surface area contributed by atoms with E-state index in [0.29, 0.717) is 5.84 Å². The normalized spacial score (nSPS) is 15.9. The Morgan fingerprint density at radius 2 is 1.07 bits per heavy atom. The van der Waals surface area contributed by atoms with Crippen molar-refractivity contribution in [2.75, 3.05) is 0 Å². The number of hydrogen-bond acceptors (Lipinski definition) is 4. The highest BCUT2D eigenvalue weighted by Crippen LogP contribution is 2.62. The fourth-order valence-corrected chi connectivity index (χ4v) is 8.84. The molecular weight excluding hydrogens is 659 g/mol. The topological polar surface area (TPSA) is 46.0 Å². The van der Waals surface area contributed by atoms with Gasteiger partial charge in [-0.15, -0.1) is 0 Å². The van der Waals surface area contributed by atoms with E-state index in [2.05, 4.69) is 175 Å². The zero-order valence-electron chi connectivity index (χ0n) is 29.3. The summed E-state index contributed by atoms with van der Waals surface area (Å²) in [4.78, 5) is 10.4. The minimum atomic E-state index is -0.523. The van der Waals surface area contributed by atoms with Gasteiger partial charge in [-0.2, -0.15) is 0 Å². The molecule has 4 heteroatoms. The van der Waals surface area contributed by atoms with Crippen LogP contribution in [0.5, 0.6) is 11.5 Å². The zero-order chi connectivity index (χ0) is 35.6. The van der Waals surface area contributed by atoms with E-state index in [4.69, 9.17) is 14.7 Å². The second-order valence-corrected chi connectivity index (χ2v) is 14.1. The van der Waals surface area contributed by atoms with E-state index in [1.54, 1.807) is 0 Å². The summed E-state index contributed by atoms with van der Waals surface area (Å²) in [5.41, 5.74) is 12.1. The summed E-state index contributed by atoms with van der Waals surface area (Å²) in [7, 11) is 0. The molecule has 8 aromatic rings. The number of rotatable bonds is 4. The highest BCUT2D eigenvalue weighted by Gasteiger charge is 2.51. The third kappa shape index (κ3) is 4.56. The summed E-state index contributed by atoms with van der Waals surface area (Å²) < 4.78 is 6.70. The second-order valence-electron chi connectivity index (χ2n) is 14.1. The molecule has 2 aliphatic heterocycles. The third-order valence-corrected chi connectivity index (χ3v) is 11.2. The molecule has 2 heterocycles. The highest BCUT2D eigenvalue weighted by atomic mass is 16.5. The number of ether oxygens (including phenoxy) is 1. The lowest BCUT2D eigenvalue weighted by atomic mass is 9.66. The van der Waals surface area contributed by atoms with Crippen molar-refractivity contribution >= 4 is 22.4 Å².